The van der Waals surface area contributed by atoms with E-state index >= 15 is 0 Å². The van der Waals surface area contributed by atoms with Crippen molar-refractivity contribution in [2.45, 2.75) is 33.7 Å². The third kappa shape index (κ3) is 4.15. The summed E-state index contributed by atoms with van der Waals surface area (Å²) in [5.74, 6) is 0.431. The second-order valence-electron chi connectivity index (χ2n) is 4.39. The molecule has 0 unspecified atom stereocenters. The number of carbonyl (C=O) groups is 1. The Morgan fingerprint density at radius 1 is 1.19 bits per heavy atom. The van der Waals surface area contributed by atoms with E-state index in [1.807, 2.05) is 26.0 Å². The molecule has 0 saturated carbocycles. The normalized spacial score (nSPS) is 10.8. The molecule has 1 aromatic rings. The van der Waals surface area contributed by atoms with Crippen LogP contribution < -0.4 is 5.32 Å². The maximum absolute atomic E-state index is 11.6. The summed E-state index contributed by atoms with van der Waals surface area (Å²) in [5.41, 5.74) is 2.38. The Balaban J connectivity index is 2.54. The first-order valence-corrected chi connectivity index (χ1v) is 5.94. The maximum Gasteiger partial charge on any atom is 0.139 e. The van der Waals surface area contributed by atoms with Crippen LogP contribution in [0, 0.1) is 5.92 Å². The number of hydrogen-bond donors (Lipinski definition) is 1. The first kappa shape index (κ1) is 12.9. The number of nitrogens with one attached hydrogen (secondary N) is 1. The highest BCUT2D eigenvalue weighted by Crippen LogP contribution is 2.08. The van der Waals surface area contributed by atoms with Crippen LogP contribution in [0.3, 0.4) is 0 Å². The van der Waals surface area contributed by atoms with Crippen LogP contribution in [0.25, 0.3) is 0 Å². The van der Waals surface area contributed by atoms with Crippen molar-refractivity contribution >= 4 is 5.78 Å². The molecular weight excluding hydrogens is 198 g/mol. The summed E-state index contributed by atoms with van der Waals surface area (Å²) in [6.07, 6.45) is 0.555. The molecular formula is C14H21NO. The summed E-state index contributed by atoms with van der Waals surface area (Å²) in [6, 6.07) is 8.27. The molecule has 0 heterocycles. The van der Waals surface area contributed by atoms with Crippen molar-refractivity contribution in [3.8, 4) is 0 Å². The first-order chi connectivity index (χ1) is 7.63. The van der Waals surface area contributed by atoms with E-state index in [1.54, 1.807) is 0 Å². The average Bonchev–Trinajstić information content (AvgIpc) is 2.28. The highest BCUT2D eigenvalue weighted by atomic mass is 16.1. The minimum atomic E-state index is 0.126. The van der Waals surface area contributed by atoms with Crippen molar-refractivity contribution in [1.82, 2.24) is 5.32 Å². The second kappa shape index (κ2) is 6.44. The number of carbonyl (C=O) groups excluding carboxylic acids is 1. The molecule has 0 spiro atoms. The van der Waals surface area contributed by atoms with Gasteiger partial charge in [-0.25, -0.2) is 0 Å². The first-order valence-electron chi connectivity index (χ1n) is 5.94. The monoisotopic (exact) mass is 219 g/mol. The van der Waals surface area contributed by atoms with E-state index in [0.29, 0.717) is 12.2 Å². The van der Waals surface area contributed by atoms with Crippen LogP contribution >= 0.6 is 0 Å². The molecule has 88 valence electrons. The molecule has 1 aromatic carbocycles. The van der Waals surface area contributed by atoms with Crippen molar-refractivity contribution < 1.29 is 4.79 Å². The van der Waals surface area contributed by atoms with Crippen LogP contribution in [-0.4, -0.2) is 12.3 Å². The fourth-order valence-corrected chi connectivity index (χ4v) is 1.45. The lowest BCUT2D eigenvalue weighted by atomic mass is 10.0. The summed E-state index contributed by atoms with van der Waals surface area (Å²) < 4.78 is 0. The van der Waals surface area contributed by atoms with Gasteiger partial charge in [0.25, 0.3) is 0 Å². The maximum atomic E-state index is 11.6. The molecule has 0 radical (unpaired) electrons. The minimum absolute atomic E-state index is 0.126. The summed E-state index contributed by atoms with van der Waals surface area (Å²) in [7, 11) is 0. The van der Waals surface area contributed by atoms with Crippen LogP contribution in [0.5, 0.6) is 0 Å². The predicted molar refractivity (Wildman–Crippen MR) is 67.4 cm³/mol. The largest absolute Gasteiger partial charge is 0.313 e. The van der Waals surface area contributed by atoms with E-state index in [0.717, 1.165) is 18.7 Å². The third-order valence-electron chi connectivity index (χ3n) is 2.62. The molecule has 0 saturated heterocycles. The molecule has 1 N–H and O–H groups in total. The van der Waals surface area contributed by atoms with Crippen molar-refractivity contribution in [1.29, 1.82) is 0 Å². The Morgan fingerprint density at radius 2 is 1.75 bits per heavy atom. The Labute approximate surface area is 98.1 Å². The van der Waals surface area contributed by atoms with Gasteiger partial charge in [-0.05, 0) is 17.7 Å². The number of Topliss-reactive ketones (excluding diaryl/α,β-unsaturated/α-hetero) is 1. The van der Waals surface area contributed by atoms with Gasteiger partial charge in [0.05, 0.1) is 0 Å². The van der Waals surface area contributed by atoms with Crippen LogP contribution in [-0.2, 0) is 17.8 Å². The van der Waals surface area contributed by atoms with Crippen molar-refractivity contribution in [3.05, 3.63) is 35.4 Å². The Bertz CT molecular complexity index is 327. The molecule has 2 heteroatoms. The fraction of sp³-hybridized carbons (Fsp3) is 0.500. The number of rotatable bonds is 6. The van der Waals surface area contributed by atoms with Crippen molar-refractivity contribution in [3.63, 3.8) is 0 Å². The lowest BCUT2D eigenvalue weighted by molar-refractivity contribution is -0.121. The van der Waals surface area contributed by atoms with E-state index in [2.05, 4.69) is 24.4 Å². The lowest BCUT2D eigenvalue weighted by Crippen LogP contribution is -2.12. The number of ketones is 1. The smallest absolute Gasteiger partial charge is 0.139 e. The van der Waals surface area contributed by atoms with Crippen molar-refractivity contribution in [2.24, 2.45) is 5.92 Å². The lowest BCUT2D eigenvalue weighted by Gasteiger charge is -2.06. The van der Waals surface area contributed by atoms with Crippen LogP contribution in [0.1, 0.15) is 31.9 Å². The molecule has 0 aliphatic heterocycles. The van der Waals surface area contributed by atoms with Gasteiger partial charge >= 0.3 is 0 Å². The van der Waals surface area contributed by atoms with Gasteiger partial charge in [0, 0.05) is 18.9 Å². The van der Waals surface area contributed by atoms with Gasteiger partial charge in [-0.1, -0.05) is 45.0 Å². The number of hydrogen-bond acceptors (Lipinski definition) is 2. The van der Waals surface area contributed by atoms with Gasteiger partial charge in [-0.15, -0.1) is 0 Å². The third-order valence-corrected chi connectivity index (χ3v) is 2.62. The van der Waals surface area contributed by atoms with Gasteiger partial charge < -0.3 is 5.32 Å². The highest BCUT2D eigenvalue weighted by molar-refractivity contribution is 5.82. The van der Waals surface area contributed by atoms with Gasteiger partial charge in [0.1, 0.15) is 5.78 Å². The summed E-state index contributed by atoms with van der Waals surface area (Å²) >= 11 is 0. The number of benzene rings is 1. The molecule has 16 heavy (non-hydrogen) atoms. The van der Waals surface area contributed by atoms with Gasteiger partial charge in [-0.2, -0.15) is 0 Å². The van der Waals surface area contributed by atoms with E-state index in [1.165, 1.54) is 5.56 Å². The molecule has 0 bridgehead atoms. The van der Waals surface area contributed by atoms with E-state index in [4.69, 9.17) is 0 Å². The van der Waals surface area contributed by atoms with Gasteiger partial charge in [-0.3, -0.25) is 4.79 Å². The van der Waals surface area contributed by atoms with E-state index in [-0.39, 0.29) is 5.92 Å². The Hall–Kier alpha value is -1.15. The second-order valence-corrected chi connectivity index (χ2v) is 4.39. The molecule has 1 rings (SSSR count). The molecule has 0 amide bonds. The van der Waals surface area contributed by atoms with Crippen LogP contribution in [0.4, 0.5) is 0 Å². The summed E-state index contributed by atoms with van der Waals surface area (Å²) in [4.78, 5) is 11.6. The fourth-order valence-electron chi connectivity index (χ4n) is 1.45. The molecule has 2 nitrogen and oxygen atoms in total. The molecule has 0 aromatic heterocycles. The zero-order valence-corrected chi connectivity index (χ0v) is 10.4. The minimum Gasteiger partial charge on any atom is -0.313 e. The highest BCUT2D eigenvalue weighted by Gasteiger charge is 2.07. The Kier molecular flexibility index (Phi) is 5.20. The van der Waals surface area contributed by atoms with Crippen LogP contribution in [0.2, 0.25) is 0 Å². The predicted octanol–water partition coefficient (Wildman–Crippen LogP) is 2.56. The zero-order chi connectivity index (χ0) is 12.0. The van der Waals surface area contributed by atoms with Gasteiger partial charge in [0.15, 0.2) is 0 Å². The molecule has 0 fully saturated rings. The topological polar surface area (TPSA) is 29.1 Å². The van der Waals surface area contributed by atoms with E-state index < -0.39 is 0 Å². The zero-order valence-electron chi connectivity index (χ0n) is 10.4. The molecule has 0 atom stereocenters. The summed E-state index contributed by atoms with van der Waals surface area (Å²) in [6.45, 7) is 7.86. The SMILES string of the molecule is CCNCc1ccc(CC(=O)C(C)C)cc1. The Morgan fingerprint density at radius 3 is 2.25 bits per heavy atom. The standard InChI is InChI=1S/C14H21NO/c1-4-15-10-13-7-5-12(6-8-13)9-14(16)11(2)3/h5-8,11,15H,4,9-10H2,1-3H3. The summed E-state index contributed by atoms with van der Waals surface area (Å²) in [5, 5.41) is 3.28. The molecule has 0 aliphatic rings. The van der Waals surface area contributed by atoms with Crippen LogP contribution in [0.15, 0.2) is 24.3 Å². The van der Waals surface area contributed by atoms with Gasteiger partial charge in [0.2, 0.25) is 0 Å². The average molecular weight is 219 g/mol. The van der Waals surface area contributed by atoms with Crippen molar-refractivity contribution in [2.75, 3.05) is 6.54 Å². The molecule has 0 aliphatic carbocycles. The van der Waals surface area contributed by atoms with E-state index in [9.17, 15) is 4.79 Å². The quantitative estimate of drug-likeness (QED) is 0.796.